The molecule has 5 rings (SSSR count). The maximum atomic E-state index is 13.1. The van der Waals surface area contributed by atoms with E-state index in [-0.39, 0.29) is 22.1 Å². The van der Waals surface area contributed by atoms with Gasteiger partial charge >= 0.3 is 0 Å². The van der Waals surface area contributed by atoms with Crippen LogP contribution in [0.5, 0.6) is 5.19 Å². The van der Waals surface area contributed by atoms with Gasteiger partial charge < -0.3 is 9.64 Å². The number of carbonyl (C=O) groups excluding carboxylic acids is 1. The van der Waals surface area contributed by atoms with E-state index in [1.54, 1.807) is 23.5 Å². The number of carbonyl (C=O) groups is 1. The third-order valence-electron chi connectivity index (χ3n) is 6.24. The second-order valence-electron chi connectivity index (χ2n) is 8.33. The summed E-state index contributed by atoms with van der Waals surface area (Å²) in [5.74, 6) is -0.00485. The smallest absolute Gasteiger partial charge is 0.274 e. The van der Waals surface area contributed by atoms with Gasteiger partial charge in [0.2, 0.25) is 5.91 Å². The molecule has 0 saturated carbocycles. The molecule has 2 fully saturated rings. The molecule has 0 atom stereocenters. The van der Waals surface area contributed by atoms with Crippen molar-refractivity contribution in [2.24, 2.45) is 5.92 Å². The average Bonchev–Trinajstić information content (AvgIpc) is 3.45. The molecule has 0 N–H and O–H groups in total. The van der Waals surface area contributed by atoms with Crippen LogP contribution in [-0.4, -0.2) is 60.8 Å². The molecule has 176 valence electrons. The van der Waals surface area contributed by atoms with Crippen LogP contribution < -0.4 is 4.74 Å². The zero-order valence-electron chi connectivity index (χ0n) is 17.9. The molecule has 0 bridgehead atoms. The first-order valence-corrected chi connectivity index (χ1v) is 14.4. The number of aromatic nitrogens is 1. The number of para-hydroxylation sites is 1. The third-order valence-corrected chi connectivity index (χ3v) is 10.8. The molecule has 0 unspecified atom stereocenters. The number of fused-ring (bicyclic) bond motifs is 1. The molecule has 1 amide bonds. The van der Waals surface area contributed by atoms with Crippen molar-refractivity contribution in [2.45, 2.75) is 36.0 Å². The summed E-state index contributed by atoms with van der Waals surface area (Å²) in [5.41, 5.74) is 0.945. The fraction of sp³-hybridized carbons (Fsp3) is 0.455. The Bertz CT molecular complexity index is 1210. The second kappa shape index (κ2) is 9.50. The summed E-state index contributed by atoms with van der Waals surface area (Å²) in [7, 11) is -3.54. The molecule has 7 nitrogen and oxygen atoms in total. The number of rotatable bonds is 5. The Morgan fingerprint density at radius 3 is 2.39 bits per heavy atom. The van der Waals surface area contributed by atoms with E-state index in [4.69, 9.17) is 16.3 Å². The van der Waals surface area contributed by atoms with Gasteiger partial charge in [-0.25, -0.2) is 13.4 Å². The number of ether oxygens (including phenoxy) is 1. The van der Waals surface area contributed by atoms with Gasteiger partial charge in [-0.05, 0) is 37.1 Å². The Morgan fingerprint density at radius 1 is 1.00 bits per heavy atom. The first-order chi connectivity index (χ1) is 15.9. The summed E-state index contributed by atoms with van der Waals surface area (Å²) in [4.78, 5) is 19.5. The summed E-state index contributed by atoms with van der Waals surface area (Å²) < 4.78 is 35.0. The molecule has 33 heavy (non-hydrogen) atoms. The number of thiazole rings is 1. The van der Waals surface area contributed by atoms with Crippen molar-refractivity contribution in [1.29, 1.82) is 0 Å². The lowest BCUT2D eigenvalue weighted by Crippen LogP contribution is -2.47. The van der Waals surface area contributed by atoms with Gasteiger partial charge in [0.05, 0.1) is 14.6 Å². The minimum atomic E-state index is -3.54. The Balaban J connectivity index is 1.12. The van der Waals surface area contributed by atoms with Crippen LogP contribution >= 0.6 is 34.3 Å². The lowest BCUT2D eigenvalue weighted by molar-refractivity contribution is -0.138. The molecule has 3 aromatic rings. The molecule has 0 spiro atoms. The van der Waals surface area contributed by atoms with E-state index in [9.17, 15) is 13.2 Å². The van der Waals surface area contributed by atoms with E-state index in [1.165, 1.54) is 4.31 Å². The molecule has 2 aliphatic rings. The zero-order chi connectivity index (χ0) is 23.0. The third kappa shape index (κ3) is 4.90. The van der Waals surface area contributed by atoms with Crippen molar-refractivity contribution < 1.29 is 17.9 Å². The average molecular weight is 526 g/mol. The highest BCUT2D eigenvalue weighted by Crippen LogP contribution is 2.32. The lowest BCUT2D eigenvalue weighted by atomic mass is 9.95. The number of likely N-dealkylation sites (tertiary alicyclic amines) is 1. The number of piperidine rings is 2. The van der Waals surface area contributed by atoms with Crippen molar-refractivity contribution in [2.75, 3.05) is 26.2 Å². The molecule has 4 heterocycles. The Morgan fingerprint density at radius 2 is 1.73 bits per heavy atom. The van der Waals surface area contributed by atoms with Crippen LogP contribution in [0.2, 0.25) is 4.34 Å². The van der Waals surface area contributed by atoms with Crippen molar-refractivity contribution in [3.63, 3.8) is 0 Å². The summed E-state index contributed by atoms with van der Waals surface area (Å²) in [5, 5.41) is 0.682. The predicted octanol–water partition coefficient (Wildman–Crippen LogP) is 4.48. The molecule has 2 aliphatic heterocycles. The van der Waals surface area contributed by atoms with Crippen molar-refractivity contribution >= 4 is 60.4 Å². The fourth-order valence-electron chi connectivity index (χ4n) is 4.40. The van der Waals surface area contributed by atoms with E-state index < -0.39 is 10.0 Å². The van der Waals surface area contributed by atoms with Crippen LogP contribution in [-0.2, 0) is 14.8 Å². The SMILES string of the molecule is O=C(C1CCN(S(=O)(=O)c2ccc(Cl)s2)CC1)N1CCC(Oc2nc3ccccc3s2)CC1. The monoisotopic (exact) mass is 525 g/mol. The van der Waals surface area contributed by atoms with Gasteiger partial charge in [0.15, 0.2) is 0 Å². The number of hydrogen-bond acceptors (Lipinski definition) is 7. The molecular weight excluding hydrogens is 502 g/mol. The highest BCUT2D eigenvalue weighted by atomic mass is 35.5. The molecule has 0 aliphatic carbocycles. The highest BCUT2D eigenvalue weighted by molar-refractivity contribution is 7.91. The summed E-state index contributed by atoms with van der Waals surface area (Å²) in [6, 6.07) is 11.1. The number of thiophene rings is 1. The van der Waals surface area contributed by atoms with Crippen molar-refractivity contribution in [1.82, 2.24) is 14.2 Å². The lowest BCUT2D eigenvalue weighted by Gasteiger charge is -2.36. The van der Waals surface area contributed by atoms with E-state index in [1.807, 2.05) is 29.2 Å². The molecule has 0 radical (unpaired) electrons. The quantitative estimate of drug-likeness (QED) is 0.490. The number of halogens is 1. The molecular formula is C22H24ClN3O4S3. The van der Waals surface area contributed by atoms with Gasteiger partial charge in [-0.1, -0.05) is 35.1 Å². The zero-order valence-corrected chi connectivity index (χ0v) is 21.1. The van der Waals surface area contributed by atoms with Crippen molar-refractivity contribution in [3.8, 4) is 5.19 Å². The number of nitrogens with zero attached hydrogens (tertiary/aromatic N) is 3. The Hall–Kier alpha value is -1.72. The van der Waals surface area contributed by atoms with Gasteiger partial charge in [0, 0.05) is 44.9 Å². The van der Waals surface area contributed by atoms with Crippen LogP contribution in [0.1, 0.15) is 25.7 Å². The van der Waals surface area contributed by atoms with Crippen molar-refractivity contribution in [3.05, 3.63) is 40.7 Å². The van der Waals surface area contributed by atoms with E-state index in [0.29, 0.717) is 48.6 Å². The number of amides is 1. The minimum Gasteiger partial charge on any atom is -0.467 e. The molecule has 2 aromatic heterocycles. The highest BCUT2D eigenvalue weighted by Gasteiger charge is 2.35. The number of benzene rings is 1. The van der Waals surface area contributed by atoms with Gasteiger partial charge in [0.25, 0.3) is 15.2 Å². The topological polar surface area (TPSA) is 79.8 Å². The number of hydrogen-bond donors (Lipinski definition) is 0. The van der Waals surface area contributed by atoms with E-state index >= 15 is 0 Å². The Labute approximate surface area is 206 Å². The second-order valence-corrected chi connectivity index (χ2v) is 13.2. The maximum absolute atomic E-state index is 13.1. The van der Waals surface area contributed by atoms with Gasteiger partial charge in [-0.3, -0.25) is 4.79 Å². The standard InChI is InChI=1S/C22H24ClN3O4S3/c23-19-5-6-20(32-19)33(28,29)26-13-7-15(8-14-26)21(27)25-11-9-16(10-12-25)30-22-24-17-3-1-2-4-18(17)31-22/h1-6,15-16H,7-14H2. The largest absolute Gasteiger partial charge is 0.467 e. The number of sulfonamides is 1. The van der Waals surface area contributed by atoms with Crippen LogP contribution in [0.15, 0.2) is 40.6 Å². The molecule has 1 aromatic carbocycles. The van der Waals surface area contributed by atoms with Crippen LogP contribution in [0, 0.1) is 5.92 Å². The van der Waals surface area contributed by atoms with Gasteiger partial charge in [-0.15, -0.1) is 11.3 Å². The molecule has 2 saturated heterocycles. The molecule has 11 heteroatoms. The fourth-order valence-corrected chi connectivity index (χ4v) is 8.39. The normalized spacial score (nSPS) is 19.2. The van der Waals surface area contributed by atoms with E-state index in [2.05, 4.69) is 4.98 Å². The Kier molecular flexibility index (Phi) is 6.63. The first-order valence-electron chi connectivity index (χ1n) is 11.0. The van der Waals surface area contributed by atoms with Crippen LogP contribution in [0.3, 0.4) is 0 Å². The van der Waals surface area contributed by atoms with Gasteiger partial charge in [0.1, 0.15) is 10.3 Å². The summed E-state index contributed by atoms with van der Waals surface area (Å²) in [6.07, 6.45) is 2.68. The first kappa shape index (κ1) is 23.0. The van der Waals surface area contributed by atoms with Crippen LogP contribution in [0.25, 0.3) is 10.2 Å². The van der Waals surface area contributed by atoms with E-state index in [0.717, 1.165) is 34.4 Å². The predicted molar refractivity (Wildman–Crippen MR) is 131 cm³/mol. The van der Waals surface area contributed by atoms with Gasteiger partial charge in [-0.2, -0.15) is 4.31 Å². The minimum absolute atomic E-state index is 0.0548. The van der Waals surface area contributed by atoms with Crippen LogP contribution in [0.4, 0.5) is 0 Å². The maximum Gasteiger partial charge on any atom is 0.274 e. The summed E-state index contributed by atoms with van der Waals surface area (Å²) in [6.45, 7) is 2.01. The summed E-state index contributed by atoms with van der Waals surface area (Å²) >= 11 is 8.52.